The van der Waals surface area contributed by atoms with Crippen molar-refractivity contribution in [3.05, 3.63) is 66.0 Å². The molecule has 0 saturated carbocycles. The number of aromatic nitrogens is 2. The lowest BCUT2D eigenvalue weighted by Gasteiger charge is -2.17. The number of para-hydroxylation sites is 2. The van der Waals surface area contributed by atoms with Gasteiger partial charge < -0.3 is 14.2 Å². The molecule has 0 aliphatic carbocycles. The zero-order chi connectivity index (χ0) is 18.6. The first-order valence-corrected chi connectivity index (χ1v) is 9.61. The fourth-order valence-corrected chi connectivity index (χ4v) is 3.84. The summed E-state index contributed by atoms with van der Waals surface area (Å²) in [4.78, 5) is 19.4. The predicted molar refractivity (Wildman–Crippen MR) is 105 cm³/mol. The van der Waals surface area contributed by atoms with Crippen LogP contribution in [0, 0.1) is 0 Å². The Morgan fingerprint density at radius 3 is 2.70 bits per heavy atom. The Hall–Kier alpha value is -2.66. The average molecular weight is 363 g/mol. The van der Waals surface area contributed by atoms with Crippen molar-refractivity contribution in [3.63, 3.8) is 0 Å². The smallest absolute Gasteiger partial charge is 0.223 e. The van der Waals surface area contributed by atoms with E-state index in [1.165, 1.54) is 0 Å². The Bertz CT molecular complexity index is 920. The third-order valence-electron chi connectivity index (χ3n) is 5.14. The zero-order valence-corrected chi connectivity index (χ0v) is 15.7. The lowest BCUT2D eigenvalue weighted by molar-refractivity contribution is -0.128. The van der Waals surface area contributed by atoms with E-state index in [0.29, 0.717) is 32.7 Å². The van der Waals surface area contributed by atoms with Gasteiger partial charge in [0.2, 0.25) is 5.91 Å². The minimum Gasteiger partial charge on any atom is -0.380 e. The Balaban J connectivity index is 1.58. The molecule has 0 bridgehead atoms. The maximum atomic E-state index is 12.6. The number of hydrogen-bond acceptors (Lipinski definition) is 3. The van der Waals surface area contributed by atoms with Crippen LogP contribution in [0.3, 0.4) is 0 Å². The second-order valence-electron chi connectivity index (χ2n) is 6.97. The van der Waals surface area contributed by atoms with E-state index in [4.69, 9.17) is 9.72 Å². The summed E-state index contributed by atoms with van der Waals surface area (Å²) >= 11 is 0. The number of imidazole rings is 1. The minimum absolute atomic E-state index is 0.121. The summed E-state index contributed by atoms with van der Waals surface area (Å²) in [5.41, 5.74) is 3.26. The Morgan fingerprint density at radius 1 is 1.11 bits per heavy atom. The lowest BCUT2D eigenvalue weighted by atomic mass is 10.1. The second kappa shape index (κ2) is 7.92. The number of carbonyl (C=O) groups is 1. The van der Waals surface area contributed by atoms with Gasteiger partial charge in [0.15, 0.2) is 0 Å². The van der Waals surface area contributed by atoms with E-state index in [-0.39, 0.29) is 11.8 Å². The van der Waals surface area contributed by atoms with Crippen LogP contribution in [0.4, 0.5) is 0 Å². The largest absolute Gasteiger partial charge is 0.380 e. The van der Waals surface area contributed by atoms with Gasteiger partial charge in [-0.1, -0.05) is 42.5 Å². The highest BCUT2D eigenvalue weighted by Gasteiger charge is 2.33. The fourth-order valence-electron chi connectivity index (χ4n) is 3.84. The second-order valence-corrected chi connectivity index (χ2v) is 6.97. The number of fused-ring (bicyclic) bond motifs is 1. The van der Waals surface area contributed by atoms with Gasteiger partial charge in [0.05, 0.1) is 17.6 Å². The van der Waals surface area contributed by atoms with Crippen LogP contribution in [0.5, 0.6) is 0 Å². The highest BCUT2D eigenvalue weighted by molar-refractivity contribution is 5.81. The SMILES string of the molecule is CCOCCn1c([C@H]2CC(=O)N(Cc3ccccc3)C2)nc2ccccc21. The van der Waals surface area contributed by atoms with Gasteiger partial charge >= 0.3 is 0 Å². The Labute approximate surface area is 159 Å². The molecule has 2 aromatic carbocycles. The molecule has 5 nitrogen and oxygen atoms in total. The van der Waals surface area contributed by atoms with E-state index in [9.17, 15) is 4.79 Å². The third-order valence-corrected chi connectivity index (χ3v) is 5.14. The van der Waals surface area contributed by atoms with Crippen molar-refractivity contribution in [2.45, 2.75) is 32.4 Å². The molecule has 0 N–H and O–H groups in total. The molecule has 4 rings (SSSR count). The molecule has 0 radical (unpaired) electrons. The van der Waals surface area contributed by atoms with E-state index in [2.05, 4.69) is 22.8 Å². The molecule has 1 aliphatic heterocycles. The Morgan fingerprint density at radius 2 is 1.89 bits per heavy atom. The van der Waals surface area contributed by atoms with Gasteiger partial charge in [0, 0.05) is 38.6 Å². The molecular formula is C22H25N3O2. The van der Waals surface area contributed by atoms with Gasteiger partial charge in [0.1, 0.15) is 5.82 Å². The van der Waals surface area contributed by atoms with E-state index in [1.54, 1.807) is 0 Å². The van der Waals surface area contributed by atoms with E-state index in [1.807, 2.05) is 48.2 Å². The molecule has 1 aromatic heterocycles. The molecule has 3 aromatic rings. The summed E-state index contributed by atoms with van der Waals surface area (Å²) in [6.07, 6.45) is 0.519. The van der Waals surface area contributed by atoms with Crippen LogP contribution in [-0.4, -0.2) is 40.1 Å². The highest BCUT2D eigenvalue weighted by atomic mass is 16.5. The number of likely N-dealkylation sites (tertiary alicyclic amines) is 1. The number of ether oxygens (including phenoxy) is 1. The first kappa shape index (κ1) is 17.7. The van der Waals surface area contributed by atoms with Crippen molar-refractivity contribution >= 4 is 16.9 Å². The van der Waals surface area contributed by atoms with Crippen LogP contribution in [0.25, 0.3) is 11.0 Å². The third kappa shape index (κ3) is 3.74. The average Bonchev–Trinajstić information content (AvgIpc) is 3.24. The zero-order valence-electron chi connectivity index (χ0n) is 15.7. The van der Waals surface area contributed by atoms with Gasteiger partial charge in [-0.05, 0) is 24.6 Å². The summed E-state index contributed by atoms with van der Waals surface area (Å²) < 4.78 is 7.80. The molecule has 1 aliphatic rings. The van der Waals surface area contributed by atoms with Crippen LogP contribution < -0.4 is 0 Å². The molecule has 1 amide bonds. The molecule has 1 atom stereocenters. The van der Waals surface area contributed by atoms with Gasteiger partial charge in [-0.25, -0.2) is 4.98 Å². The Kier molecular flexibility index (Phi) is 5.21. The van der Waals surface area contributed by atoms with Crippen molar-refractivity contribution in [3.8, 4) is 0 Å². The van der Waals surface area contributed by atoms with E-state index >= 15 is 0 Å². The van der Waals surface area contributed by atoms with Crippen LogP contribution >= 0.6 is 0 Å². The highest BCUT2D eigenvalue weighted by Crippen LogP contribution is 2.31. The van der Waals surface area contributed by atoms with Gasteiger partial charge in [0.25, 0.3) is 0 Å². The molecule has 0 spiro atoms. The molecule has 0 unspecified atom stereocenters. The van der Waals surface area contributed by atoms with Gasteiger partial charge in [-0.3, -0.25) is 4.79 Å². The number of amides is 1. The molecular weight excluding hydrogens is 338 g/mol. The molecule has 140 valence electrons. The maximum Gasteiger partial charge on any atom is 0.223 e. The van der Waals surface area contributed by atoms with Crippen molar-refractivity contribution in [2.24, 2.45) is 0 Å². The maximum absolute atomic E-state index is 12.6. The van der Waals surface area contributed by atoms with Gasteiger partial charge in [-0.15, -0.1) is 0 Å². The lowest BCUT2D eigenvalue weighted by Crippen LogP contribution is -2.24. The molecule has 2 heterocycles. The molecule has 1 saturated heterocycles. The number of benzene rings is 2. The number of hydrogen-bond donors (Lipinski definition) is 0. The summed E-state index contributed by atoms with van der Waals surface area (Å²) in [7, 11) is 0. The van der Waals surface area contributed by atoms with Crippen LogP contribution in [0.1, 0.15) is 30.7 Å². The monoisotopic (exact) mass is 363 g/mol. The molecule has 27 heavy (non-hydrogen) atoms. The van der Waals surface area contributed by atoms with Crippen LogP contribution in [0.15, 0.2) is 54.6 Å². The fraction of sp³-hybridized carbons (Fsp3) is 0.364. The molecule has 1 fully saturated rings. The number of rotatable bonds is 7. The van der Waals surface area contributed by atoms with Crippen LogP contribution in [0.2, 0.25) is 0 Å². The number of nitrogens with zero attached hydrogens (tertiary/aromatic N) is 3. The first-order valence-electron chi connectivity index (χ1n) is 9.61. The predicted octanol–water partition coefficient (Wildman–Crippen LogP) is 3.59. The summed E-state index contributed by atoms with van der Waals surface area (Å²) in [5, 5.41) is 0. The van der Waals surface area contributed by atoms with Crippen molar-refractivity contribution in [2.75, 3.05) is 19.8 Å². The standard InChI is InChI=1S/C22H25N3O2/c1-2-27-13-12-25-20-11-7-6-10-19(20)23-22(25)18-14-21(26)24(16-18)15-17-8-4-3-5-9-17/h3-11,18H,2,12-16H2,1H3/t18-/m0/s1. The van der Waals surface area contributed by atoms with Crippen molar-refractivity contribution in [1.82, 2.24) is 14.5 Å². The topological polar surface area (TPSA) is 47.4 Å². The summed E-state index contributed by atoms with van der Waals surface area (Å²) in [6, 6.07) is 18.3. The van der Waals surface area contributed by atoms with E-state index in [0.717, 1.165) is 29.0 Å². The summed E-state index contributed by atoms with van der Waals surface area (Å²) in [5.74, 6) is 1.32. The molecule has 5 heteroatoms. The quantitative estimate of drug-likeness (QED) is 0.603. The number of carbonyl (C=O) groups excluding carboxylic acids is 1. The van der Waals surface area contributed by atoms with Crippen molar-refractivity contribution < 1.29 is 9.53 Å². The van der Waals surface area contributed by atoms with E-state index < -0.39 is 0 Å². The minimum atomic E-state index is 0.121. The first-order chi connectivity index (χ1) is 13.3. The van der Waals surface area contributed by atoms with Gasteiger partial charge in [-0.2, -0.15) is 0 Å². The normalized spacial score (nSPS) is 17.1. The van der Waals surface area contributed by atoms with Crippen molar-refractivity contribution in [1.29, 1.82) is 0 Å². The summed E-state index contributed by atoms with van der Waals surface area (Å²) in [6.45, 7) is 5.49. The van der Waals surface area contributed by atoms with Crippen LogP contribution in [-0.2, 0) is 22.6 Å².